The molecule has 2 rings (SSSR count). The fraction of sp³-hybridized carbons (Fsp3) is 0.333. The maximum Gasteiger partial charge on any atom is 0.141 e. The standard InChI is InChI=1S/C24H24N2O4/c1-4-5-10-29-11-12-30-21-14-23(27-2)22(24(15-21)28-3)9-7-18-6-8-19(16-25)20(13-18)17-26/h6,8,13-15H,4-5,10-12H2,1-3H3. The molecule has 2 aromatic carbocycles. The van der Waals surface area contributed by atoms with Crippen molar-refractivity contribution in [3.63, 3.8) is 0 Å². The Morgan fingerprint density at radius 3 is 2.13 bits per heavy atom. The second kappa shape index (κ2) is 12.0. The van der Waals surface area contributed by atoms with E-state index < -0.39 is 0 Å². The minimum Gasteiger partial charge on any atom is -0.495 e. The first-order valence-corrected chi connectivity index (χ1v) is 9.59. The van der Waals surface area contributed by atoms with Crippen LogP contribution in [-0.2, 0) is 4.74 Å². The zero-order chi connectivity index (χ0) is 21.8. The highest BCUT2D eigenvalue weighted by molar-refractivity contribution is 5.61. The minimum absolute atomic E-state index is 0.285. The highest BCUT2D eigenvalue weighted by atomic mass is 16.5. The molecular formula is C24H24N2O4. The van der Waals surface area contributed by atoms with Gasteiger partial charge in [0.15, 0.2) is 0 Å². The molecule has 0 aromatic heterocycles. The predicted octanol–water partition coefficient (Wildman–Crippen LogP) is 4.04. The van der Waals surface area contributed by atoms with Gasteiger partial charge in [-0.25, -0.2) is 0 Å². The summed E-state index contributed by atoms with van der Waals surface area (Å²) in [7, 11) is 3.10. The van der Waals surface area contributed by atoms with Gasteiger partial charge in [-0.15, -0.1) is 0 Å². The van der Waals surface area contributed by atoms with Gasteiger partial charge in [0.25, 0.3) is 0 Å². The number of ether oxygens (including phenoxy) is 4. The molecule has 0 saturated heterocycles. The summed E-state index contributed by atoms with van der Waals surface area (Å²) in [4.78, 5) is 0. The molecule has 30 heavy (non-hydrogen) atoms. The van der Waals surface area contributed by atoms with Gasteiger partial charge in [0.05, 0.1) is 32.0 Å². The maximum atomic E-state index is 9.17. The van der Waals surface area contributed by atoms with Crippen molar-refractivity contribution in [3.05, 3.63) is 52.6 Å². The molecule has 2 aromatic rings. The van der Waals surface area contributed by atoms with E-state index in [-0.39, 0.29) is 5.56 Å². The van der Waals surface area contributed by atoms with Crippen LogP contribution < -0.4 is 14.2 Å². The number of hydrogen-bond donors (Lipinski definition) is 0. The Hall–Kier alpha value is -3.66. The van der Waals surface area contributed by atoms with Gasteiger partial charge in [0, 0.05) is 24.3 Å². The summed E-state index contributed by atoms with van der Waals surface area (Å²) in [5.41, 5.74) is 1.78. The fourth-order valence-electron chi connectivity index (χ4n) is 2.61. The first-order valence-electron chi connectivity index (χ1n) is 9.59. The Morgan fingerprint density at radius 1 is 0.833 bits per heavy atom. The molecule has 6 nitrogen and oxygen atoms in total. The molecule has 0 unspecified atom stereocenters. The number of nitriles is 2. The van der Waals surface area contributed by atoms with Gasteiger partial charge in [-0.05, 0) is 24.6 Å². The number of benzene rings is 2. The largest absolute Gasteiger partial charge is 0.495 e. The third kappa shape index (κ3) is 6.17. The summed E-state index contributed by atoms with van der Waals surface area (Å²) in [6.45, 7) is 3.77. The van der Waals surface area contributed by atoms with Crippen LogP contribution in [0, 0.1) is 34.5 Å². The van der Waals surface area contributed by atoms with Crippen molar-refractivity contribution < 1.29 is 18.9 Å². The third-order valence-electron chi connectivity index (χ3n) is 4.21. The minimum atomic E-state index is 0.285. The quantitative estimate of drug-likeness (QED) is 0.463. The zero-order valence-corrected chi connectivity index (χ0v) is 17.4. The van der Waals surface area contributed by atoms with Crippen molar-refractivity contribution in [1.82, 2.24) is 0 Å². The SMILES string of the molecule is CCCCOCCOc1cc(OC)c(C#Cc2ccc(C#N)c(C#N)c2)c(OC)c1. The summed E-state index contributed by atoms with van der Waals surface area (Å²) in [5, 5.41) is 18.2. The lowest BCUT2D eigenvalue weighted by atomic mass is 10.1. The molecule has 0 atom stereocenters. The molecule has 0 radical (unpaired) electrons. The molecular weight excluding hydrogens is 380 g/mol. The van der Waals surface area contributed by atoms with Crippen molar-refractivity contribution >= 4 is 0 Å². The van der Waals surface area contributed by atoms with Crippen molar-refractivity contribution in [3.8, 4) is 41.2 Å². The lowest BCUT2D eigenvalue weighted by Crippen LogP contribution is -2.08. The van der Waals surface area contributed by atoms with Gasteiger partial charge >= 0.3 is 0 Å². The van der Waals surface area contributed by atoms with Gasteiger partial charge in [-0.1, -0.05) is 25.2 Å². The van der Waals surface area contributed by atoms with Crippen LogP contribution in [0.3, 0.4) is 0 Å². The van der Waals surface area contributed by atoms with E-state index in [0.29, 0.717) is 47.2 Å². The van der Waals surface area contributed by atoms with Gasteiger partial charge < -0.3 is 18.9 Å². The number of unbranched alkanes of at least 4 members (excludes halogenated alkanes) is 1. The molecule has 0 heterocycles. The molecule has 0 bridgehead atoms. The predicted molar refractivity (Wildman–Crippen MR) is 113 cm³/mol. The molecule has 0 fully saturated rings. The second-order valence-corrected chi connectivity index (χ2v) is 6.25. The molecule has 6 heteroatoms. The van der Waals surface area contributed by atoms with Crippen molar-refractivity contribution in [1.29, 1.82) is 10.5 Å². The summed E-state index contributed by atoms with van der Waals surface area (Å²) >= 11 is 0. The Balaban J connectivity index is 2.22. The van der Waals surface area contributed by atoms with E-state index in [1.54, 1.807) is 44.6 Å². The molecule has 154 valence electrons. The summed E-state index contributed by atoms with van der Waals surface area (Å²) in [6, 6.07) is 12.3. The smallest absolute Gasteiger partial charge is 0.141 e. The van der Waals surface area contributed by atoms with Gasteiger partial charge in [0.1, 0.15) is 41.6 Å². The number of hydrogen-bond acceptors (Lipinski definition) is 6. The van der Waals surface area contributed by atoms with Crippen LogP contribution in [0.1, 0.15) is 42.0 Å². The van der Waals surface area contributed by atoms with Gasteiger partial charge in [-0.3, -0.25) is 0 Å². The van der Waals surface area contributed by atoms with Crippen LogP contribution in [0.2, 0.25) is 0 Å². The Bertz CT molecular complexity index is 982. The van der Waals surface area contributed by atoms with E-state index in [2.05, 4.69) is 18.8 Å². The van der Waals surface area contributed by atoms with E-state index in [4.69, 9.17) is 24.2 Å². The lowest BCUT2D eigenvalue weighted by Gasteiger charge is -2.13. The first-order chi connectivity index (χ1) is 14.7. The van der Waals surface area contributed by atoms with Crippen LogP contribution in [0.25, 0.3) is 0 Å². The molecule has 0 aliphatic rings. The van der Waals surface area contributed by atoms with Crippen LogP contribution in [0.4, 0.5) is 0 Å². The third-order valence-corrected chi connectivity index (χ3v) is 4.21. The normalized spacial score (nSPS) is 9.63. The molecule has 0 amide bonds. The van der Waals surface area contributed by atoms with Gasteiger partial charge in [0.2, 0.25) is 0 Å². The van der Waals surface area contributed by atoms with E-state index in [9.17, 15) is 5.26 Å². The molecule has 0 aliphatic carbocycles. The number of methoxy groups -OCH3 is 2. The average Bonchev–Trinajstić information content (AvgIpc) is 2.79. The summed E-state index contributed by atoms with van der Waals surface area (Å²) in [6.07, 6.45) is 2.13. The molecule has 0 saturated carbocycles. The van der Waals surface area contributed by atoms with E-state index >= 15 is 0 Å². The molecule has 0 N–H and O–H groups in total. The van der Waals surface area contributed by atoms with Crippen LogP contribution in [0.15, 0.2) is 30.3 Å². The van der Waals surface area contributed by atoms with E-state index in [1.807, 2.05) is 12.1 Å². The lowest BCUT2D eigenvalue weighted by molar-refractivity contribution is 0.0979. The first kappa shape index (κ1) is 22.6. The van der Waals surface area contributed by atoms with Crippen molar-refractivity contribution in [2.45, 2.75) is 19.8 Å². The number of nitrogens with zero attached hydrogens (tertiary/aromatic N) is 2. The van der Waals surface area contributed by atoms with Crippen LogP contribution >= 0.6 is 0 Å². The summed E-state index contributed by atoms with van der Waals surface area (Å²) in [5.74, 6) is 7.65. The summed E-state index contributed by atoms with van der Waals surface area (Å²) < 4.78 is 22.2. The highest BCUT2D eigenvalue weighted by Gasteiger charge is 2.12. The van der Waals surface area contributed by atoms with Gasteiger partial charge in [-0.2, -0.15) is 10.5 Å². The monoisotopic (exact) mass is 404 g/mol. The fourth-order valence-corrected chi connectivity index (χ4v) is 2.61. The second-order valence-electron chi connectivity index (χ2n) is 6.25. The molecule has 0 aliphatic heterocycles. The Labute approximate surface area is 177 Å². The van der Waals surface area contributed by atoms with Crippen molar-refractivity contribution in [2.75, 3.05) is 34.0 Å². The topological polar surface area (TPSA) is 84.5 Å². The van der Waals surface area contributed by atoms with Crippen LogP contribution in [-0.4, -0.2) is 34.0 Å². The molecule has 0 spiro atoms. The van der Waals surface area contributed by atoms with Crippen LogP contribution in [0.5, 0.6) is 17.2 Å². The Morgan fingerprint density at radius 2 is 1.53 bits per heavy atom. The zero-order valence-electron chi connectivity index (χ0n) is 17.4. The van der Waals surface area contributed by atoms with E-state index in [1.165, 1.54) is 0 Å². The average molecular weight is 404 g/mol. The maximum absolute atomic E-state index is 9.17. The van der Waals surface area contributed by atoms with E-state index in [0.717, 1.165) is 19.4 Å². The Kier molecular flexibility index (Phi) is 9.07. The number of rotatable bonds is 9. The van der Waals surface area contributed by atoms with Crippen molar-refractivity contribution in [2.24, 2.45) is 0 Å². The highest BCUT2D eigenvalue weighted by Crippen LogP contribution is 2.33.